The number of imidazole rings is 1. The Bertz CT molecular complexity index is 942. The zero-order valence-corrected chi connectivity index (χ0v) is 15.4. The Morgan fingerprint density at radius 3 is 2.67 bits per heavy atom. The van der Waals surface area contributed by atoms with E-state index in [-0.39, 0.29) is 30.6 Å². The third-order valence-electron chi connectivity index (χ3n) is 5.24. The normalized spacial score (nSPS) is 16.8. The van der Waals surface area contributed by atoms with E-state index >= 15 is 0 Å². The largest absolute Gasteiger partial charge is 0.340 e. The van der Waals surface area contributed by atoms with Crippen LogP contribution in [0.3, 0.4) is 0 Å². The number of aromatic nitrogens is 2. The lowest BCUT2D eigenvalue weighted by Gasteiger charge is -2.23. The van der Waals surface area contributed by atoms with Crippen molar-refractivity contribution in [2.24, 2.45) is 0 Å². The van der Waals surface area contributed by atoms with Crippen molar-refractivity contribution in [3.05, 3.63) is 65.5 Å². The molecular formula is C22H23N3O2. The molecule has 5 heteroatoms. The number of fused-ring (bicyclic) bond motifs is 1. The number of carbonyl (C=O) groups excluding carboxylic acids is 2. The molecule has 0 bridgehead atoms. The van der Waals surface area contributed by atoms with Crippen LogP contribution in [0.4, 0.5) is 0 Å². The number of ketones is 1. The summed E-state index contributed by atoms with van der Waals surface area (Å²) in [6, 6.07) is 15.4. The van der Waals surface area contributed by atoms with E-state index in [9.17, 15) is 9.59 Å². The van der Waals surface area contributed by atoms with Gasteiger partial charge in [-0.25, -0.2) is 4.98 Å². The van der Waals surface area contributed by atoms with E-state index in [4.69, 9.17) is 0 Å². The number of benzene rings is 2. The number of hydrogen-bond acceptors (Lipinski definition) is 3. The average molecular weight is 361 g/mol. The Labute approximate surface area is 158 Å². The van der Waals surface area contributed by atoms with Gasteiger partial charge in [0.1, 0.15) is 5.82 Å². The molecule has 2 heterocycles. The van der Waals surface area contributed by atoms with Gasteiger partial charge in [-0.15, -0.1) is 0 Å². The quantitative estimate of drug-likeness (QED) is 0.693. The van der Waals surface area contributed by atoms with Crippen LogP contribution in [0.15, 0.2) is 48.5 Å². The predicted octanol–water partition coefficient (Wildman–Crippen LogP) is 4.20. The molecule has 1 amide bonds. The first-order valence-electron chi connectivity index (χ1n) is 9.46. The lowest BCUT2D eigenvalue weighted by atomic mass is 10.0. The molecule has 1 fully saturated rings. The van der Waals surface area contributed by atoms with Crippen LogP contribution in [0, 0.1) is 6.92 Å². The summed E-state index contributed by atoms with van der Waals surface area (Å²) in [5, 5.41) is 0. The van der Waals surface area contributed by atoms with Crippen LogP contribution in [0.2, 0.25) is 0 Å². The highest BCUT2D eigenvalue weighted by molar-refractivity contribution is 5.98. The topological polar surface area (TPSA) is 66.1 Å². The Kier molecular flexibility index (Phi) is 4.75. The average Bonchev–Trinajstić information content (AvgIpc) is 3.32. The third-order valence-corrected chi connectivity index (χ3v) is 5.24. The number of nitrogens with one attached hydrogen (secondary N) is 1. The predicted molar refractivity (Wildman–Crippen MR) is 105 cm³/mol. The van der Waals surface area contributed by atoms with Gasteiger partial charge in [-0.3, -0.25) is 9.59 Å². The molecule has 1 saturated heterocycles. The van der Waals surface area contributed by atoms with Gasteiger partial charge in [-0.2, -0.15) is 0 Å². The molecule has 0 unspecified atom stereocenters. The molecule has 1 aliphatic rings. The standard InChI is InChI=1S/C22H23N3O2/c1-15-8-10-16(11-9-15)20(26)12-13-21(27)25-14-4-7-19(25)22-23-17-5-2-3-6-18(17)24-22/h2-3,5-6,8-11,19H,4,7,12-14H2,1H3,(H,23,24)/t19-/m1/s1. The molecular weight excluding hydrogens is 338 g/mol. The molecule has 27 heavy (non-hydrogen) atoms. The van der Waals surface area contributed by atoms with Crippen molar-refractivity contribution in [1.82, 2.24) is 14.9 Å². The Hall–Kier alpha value is -2.95. The highest BCUT2D eigenvalue weighted by Crippen LogP contribution is 2.32. The highest BCUT2D eigenvalue weighted by Gasteiger charge is 2.32. The number of para-hydroxylation sites is 2. The summed E-state index contributed by atoms with van der Waals surface area (Å²) in [6.45, 7) is 2.71. The van der Waals surface area contributed by atoms with E-state index < -0.39 is 0 Å². The SMILES string of the molecule is Cc1ccc(C(=O)CCC(=O)N2CCC[C@@H]2c2nc3ccccc3[nH]2)cc1. The van der Waals surface area contributed by atoms with Crippen LogP contribution < -0.4 is 0 Å². The van der Waals surface area contributed by atoms with E-state index in [2.05, 4.69) is 9.97 Å². The molecule has 138 valence electrons. The zero-order chi connectivity index (χ0) is 18.8. The molecule has 1 N–H and O–H groups in total. The van der Waals surface area contributed by atoms with Crippen LogP contribution in [-0.4, -0.2) is 33.1 Å². The number of likely N-dealkylation sites (tertiary alicyclic amines) is 1. The number of carbonyl (C=O) groups is 2. The van der Waals surface area contributed by atoms with Crippen molar-refractivity contribution in [2.45, 2.75) is 38.6 Å². The summed E-state index contributed by atoms with van der Waals surface area (Å²) in [5.41, 5.74) is 3.69. The van der Waals surface area contributed by atoms with Gasteiger partial charge in [-0.05, 0) is 31.9 Å². The first kappa shape index (κ1) is 17.5. The van der Waals surface area contributed by atoms with Crippen molar-refractivity contribution in [3.8, 4) is 0 Å². The molecule has 2 aromatic carbocycles. The first-order chi connectivity index (χ1) is 13.1. The molecule has 4 rings (SSSR count). The van der Waals surface area contributed by atoms with Gasteiger partial charge in [0.25, 0.3) is 0 Å². The van der Waals surface area contributed by atoms with E-state index in [1.807, 2.05) is 60.4 Å². The summed E-state index contributed by atoms with van der Waals surface area (Å²) in [4.78, 5) is 35.0. The molecule has 0 radical (unpaired) electrons. The molecule has 1 atom stereocenters. The van der Waals surface area contributed by atoms with Gasteiger partial charge in [0, 0.05) is 24.9 Å². The monoisotopic (exact) mass is 361 g/mol. The van der Waals surface area contributed by atoms with Gasteiger partial charge in [0.15, 0.2) is 5.78 Å². The lowest BCUT2D eigenvalue weighted by Crippen LogP contribution is -2.31. The second-order valence-corrected chi connectivity index (χ2v) is 7.17. The number of aryl methyl sites for hydroxylation is 1. The van der Waals surface area contributed by atoms with E-state index in [1.54, 1.807) is 0 Å². The van der Waals surface area contributed by atoms with Crippen molar-refractivity contribution in [2.75, 3.05) is 6.54 Å². The summed E-state index contributed by atoms with van der Waals surface area (Å²) < 4.78 is 0. The van der Waals surface area contributed by atoms with Crippen molar-refractivity contribution in [1.29, 1.82) is 0 Å². The summed E-state index contributed by atoms with van der Waals surface area (Å²) in [6.07, 6.45) is 2.34. The lowest BCUT2D eigenvalue weighted by molar-refractivity contribution is -0.132. The van der Waals surface area contributed by atoms with Gasteiger partial charge in [-0.1, -0.05) is 42.0 Å². The van der Waals surface area contributed by atoms with Crippen molar-refractivity contribution < 1.29 is 9.59 Å². The fraction of sp³-hybridized carbons (Fsp3) is 0.318. The molecule has 3 aromatic rings. The minimum Gasteiger partial charge on any atom is -0.340 e. The van der Waals surface area contributed by atoms with Gasteiger partial charge < -0.3 is 9.88 Å². The smallest absolute Gasteiger partial charge is 0.223 e. The van der Waals surface area contributed by atoms with E-state index in [0.717, 1.165) is 41.8 Å². The van der Waals surface area contributed by atoms with E-state index in [1.165, 1.54) is 0 Å². The fourth-order valence-corrected chi connectivity index (χ4v) is 3.73. The fourth-order valence-electron chi connectivity index (χ4n) is 3.73. The van der Waals surface area contributed by atoms with Crippen LogP contribution in [0.25, 0.3) is 11.0 Å². The summed E-state index contributed by atoms with van der Waals surface area (Å²) >= 11 is 0. The number of amides is 1. The van der Waals surface area contributed by atoms with Crippen LogP contribution in [0.1, 0.15) is 53.5 Å². The highest BCUT2D eigenvalue weighted by atomic mass is 16.2. The number of rotatable bonds is 5. The van der Waals surface area contributed by atoms with Crippen molar-refractivity contribution >= 4 is 22.7 Å². The number of nitrogens with zero attached hydrogens (tertiary/aromatic N) is 2. The molecule has 0 saturated carbocycles. The second-order valence-electron chi connectivity index (χ2n) is 7.17. The number of H-pyrrole nitrogens is 1. The molecule has 1 aliphatic heterocycles. The zero-order valence-electron chi connectivity index (χ0n) is 15.4. The molecule has 5 nitrogen and oxygen atoms in total. The molecule has 0 spiro atoms. The number of Topliss-reactive ketones (excluding diaryl/α,β-unsaturated/α-hetero) is 1. The van der Waals surface area contributed by atoms with Crippen LogP contribution in [0.5, 0.6) is 0 Å². The van der Waals surface area contributed by atoms with Crippen molar-refractivity contribution in [3.63, 3.8) is 0 Å². The van der Waals surface area contributed by atoms with Gasteiger partial charge in [0.05, 0.1) is 17.1 Å². The Morgan fingerprint density at radius 1 is 1.11 bits per heavy atom. The Morgan fingerprint density at radius 2 is 1.89 bits per heavy atom. The third kappa shape index (κ3) is 3.63. The van der Waals surface area contributed by atoms with E-state index in [0.29, 0.717) is 5.56 Å². The van der Waals surface area contributed by atoms with Crippen LogP contribution >= 0.6 is 0 Å². The van der Waals surface area contributed by atoms with Gasteiger partial charge in [0.2, 0.25) is 5.91 Å². The minimum atomic E-state index is -0.0284. The second kappa shape index (κ2) is 7.35. The molecule has 1 aromatic heterocycles. The summed E-state index contributed by atoms with van der Waals surface area (Å²) in [7, 11) is 0. The maximum Gasteiger partial charge on any atom is 0.223 e. The number of hydrogen-bond donors (Lipinski definition) is 1. The summed E-state index contributed by atoms with van der Waals surface area (Å²) in [5.74, 6) is 0.883. The first-order valence-corrected chi connectivity index (χ1v) is 9.46. The molecule has 0 aliphatic carbocycles. The Balaban J connectivity index is 1.43. The number of aromatic amines is 1. The maximum atomic E-state index is 12.8. The maximum absolute atomic E-state index is 12.8. The van der Waals surface area contributed by atoms with Gasteiger partial charge >= 0.3 is 0 Å². The van der Waals surface area contributed by atoms with Crippen LogP contribution in [-0.2, 0) is 4.79 Å². The minimum absolute atomic E-state index is 0.0165.